The van der Waals surface area contributed by atoms with Gasteiger partial charge >= 0.3 is 0 Å². The molecule has 0 aliphatic heterocycles. The zero-order valence-electron chi connectivity index (χ0n) is 8.44. The van der Waals surface area contributed by atoms with Crippen molar-refractivity contribution in [2.45, 2.75) is 25.9 Å². The van der Waals surface area contributed by atoms with Gasteiger partial charge in [-0.05, 0) is 25.5 Å². The second-order valence-corrected chi connectivity index (χ2v) is 4.22. The van der Waals surface area contributed by atoms with Crippen molar-refractivity contribution in [3.05, 3.63) is 36.3 Å². The molecule has 0 bridgehead atoms. The smallest absolute Gasteiger partial charge is 0.136 e. The molecule has 1 N–H and O–H groups in total. The summed E-state index contributed by atoms with van der Waals surface area (Å²) in [6.07, 6.45) is 6.33. The normalized spacial score (nSPS) is 12.2. The van der Waals surface area contributed by atoms with E-state index in [0.717, 1.165) is 11.2 Å². The molecule has 14 heavy (non-hydrogen) atoms. The van der Waals surface area contributed by atoms with Gasteiger partial charge in [0.25, 0.3) is 0 Å². The Kier molecular flexibility index (Phi) is 2.04. The van der Waals surface area contributed by atoms with Gasteiger partial charge < -0.3 is 9.51 Å². The zero-order chi connectivity index (χ0) is 10.2. The second kappa shape index (κ2) is 3.10. The van der Waals surface area contributed by atoms with Crippen LogP contribution in [-0.4, -0.2) is 20.1 Å². The fraction of sp³-hybridized carbons (Fsp3) is 0.364. The largest absolute Gasteiger partial charge is 0.390 e. The molecule has 3 heteroatoms. The molecule has 0 saturated carbocycles. The maximum absolute atomic E-state index is 9.67. The minimum Gasteiger partial charge on any atom is -0.390 e. The molecule has 3 nitrogen and oxygen atoms in total. The molecule has 0 aliphatic carbocycles. The minimum absolute atomic E-state index is 0.654. The van der Waals surface area contributed by atoms with Crippen LogP contribution in [0.4, 0.5) is 0 Å². The van der Waals surface area contributed by atoms with Crippen LogP contribution >= 0.6 is 0 Å². The van der Waals surface area contributed by atoms with E-state index in [2.05, 4.69) is 4.98 Å². The number of aliphatic hydroxyl groups is 1. The van der Waals surface area contributed by atoms with E-state index in [1.54, 1.807) is 6.20 Å². The third-order valence-corrected chi connectivity index (χ3v) is 2.09. The number of pyridine rings is 1. The highest BCUT2D eigenvalue weighted by Crippen LogP contribution is 2.12. The fourth-order valence-corrected chi connectivity index (χ4v) is 1.57. The summed E-state index contributed by atoms with van der Waals surface area (Å²) < 4.78 is 1.96. The summed E-state index contributed by atoms with van der Waals surface area (Å²) in [7, 11) is 0. The van der Waals surface area contributed by atoms with E-state index in [1.807, 2.05) is 42.8 Å². The van der Waals surface area contributed by atoms with Gasteiger partial charge in [0.2, 0.25) is 0 Å². The van der Waals surface area contributed by atoms with Crippen molar-refractivity contribution in [3.8, 4) is 0 Å². The molecule has 0 aromatic carbocycles. The molecule has 2 rings (SSSR count). The fourth-order valence-electron chi connectivity index (χ4n) is 1.57. The van der Waals surface area contributed by atoms with Crippen molar-refractivity contribution in [1.29, 1.82) is 0 Å². The summed E-state index contributed by atoms with van der Waals surface area (Å²) >= 11 is 0. The summed E-state index contributed by atoms with van der Waals surface area (Å²) in [5.41, 5.74) is 1.39. The third-order valence-electron chi connectivity index (χ3n) is 2.09. The Morgan fingerprint density at radius 1 is 1.43 bits per heavy atom. The molecular weight excluding hydrogens is 176 g/mol. The molecule has 0 saturated heterocycles. The topological polar surface area (TPSA) is 37.5 Å². The molecular formula is C11H14N2O. The van der Waals surface area contributed by atoms with Crippen molar-refractivity contribution < 1.29 is 5.11 Å². The lowest BCUT2D eigenvalue weighted by Gasteiger charge is -2.16. The zero-order valence-corrected chi connectivity index (χ0v) is 8.44. The van der Waals surface area contributed by atoms with Gasteiger partial charge in [0.05, 0.1) is 5.60 Å². The average molecular weight is 190 g/mol. The molecule has 0 radical (unpaired) electrons. The first-order valence-electron chi connectivity index (χ1n) is 4.69. The van der Waals surface area contributed by atoms with E-state index in [1.165, 1.54) is 0 Å². The molecule has 0 unspecified atom stereocenters. The van der Waals surface area contributed by atoms with Gasteiger partial charge in [-0.15, -0.1) is 0 Å². The SMILES string of the molecule is CC(C)(O)Cc1ccc2nccn2c1. The van der Waals surface area contributed by atoms with Gasteiger partial charge in [-0.3, -0.25) is 0 Å². The van der Waals surface area contributed by atoms with Crippen LogP contribution in [-0.2, 0) is 6.42 Å². The maximum Gasteiger partial charge on any atom is 0.136 e. The van der Waals surface area contributed by atoms with E-state index < -0.39 is 5.60 Å². The first kappa shape index (κ1) is 9.21. The van der Waals surface area contributed by atoms with Crippen LogP contribution < -0.4 is 0 Å². The molecule has 2 heterocycles. The molecule has 0 fully saturated rings. The monoisotopic (exact) mass is 190 g/mol. The molecule has 0 atom stereocenters. The highest BCUT2D eigenvalue weighted by molar-refractivity contribution is 5.39. The standard InChI is InChI=1S/C11H14N2O/c1-11(2,14)7-9-3-4-10-12-5-6-13(10)8-9/h3-6,8,14H,7H2,1-2H3. The lowest BCUT2D eigenvalue weighted by molar-refractivity contribution is 0.0809. The van der Waals surface area contributed by atoms with Gasteiger partial charge in [-0.25, -0.2) is 4.98 Å². The lowest BCUT2D eigenvalue weighted by atomic mass is 10.0. The van der Waals surface area contributed by atoms with E-state index in [-0.39, 0.29) is 0 Å². The van der Waals surface area contributed by atoms with Crippen LogP contribution in [0.1, 0.15) is 19.4 Å². The molecule has 0 aliphatic rings. The Labute approximate surface area is 83.0 Å². The molecule has 74 valence electrons. The van der Waals surface area contributed by atoms with Crippen molar-refractivity contribution in [3.63, 3.8) is 0 Å². The van der Waals surface area contributed by atoms with Gasteiger partial charge in [0.1, 0.15) is 5.65 Å². The van der Waals surface area contributed by atoms with E-state index in [9.17, 15) is 5.11 Å². The highest BCUT2D eigenvalue weighted by Gasteiger charge is 2.13. The van der Waals surface area contributed by atoms with Gasteiger partial charge in [-0.1, -0.05) is 6.07 Å². The van der Waals surface area contributed by atoms with Crippen LogP contribution in [0.3, 0.4) is 0 Å². The summed E-state index contributed by atoms with van der Waals surface area (Å²) in [6, 6.07) is 3.96. The van der Waals surface area contributed by atoms with Crippen LogP contribution in [0.2, 0.25) is 0 Å². The maximum atomic E-state index is 9.67. The summed E-state index contributed by atoms with van der Waals surface area (Å²) in [6.45, 7) is 3.62. The van der Waals surface area contributed by atoms with E-state index in [4.69, 9.17) is 0 Å². The van der Waals surface area contributed by atoms with Gasteiger partial charge in [-0.2, -0.15) is 0 Å². The molecule has 0 spiro atoms. The number of hydrogen-bond acceptors (Lipinski definition) is 2. The third kappa shape index (κ3) is 1.93. The number of imidazole rings is 1. The lowest BCUT2D eigenvalue weighted by Crippen LogP contribution is -2.21. The molecule has 2 aromatic heterocycles. The van der Waals surface area contributed by atoms with Gasteiger partial charge in [0.15, 0.2) is 0 Å². The number of hydrogen-bond donors (Lipinski definition) is 1. The Balaban J connectivity index is 2.35. The second-order valence-electron chi connectivity index (χ2n) is 4.22. The Morgan fingerprint density at radius 3 is 2.93 bits per heavy atom. The minimum atomic E-state index is -0.658. The number of fused-ring (bicyclic) bond motifs is 1. The van der Waals surface area contributed by atoms with E-state index in [0.29, 0.717) is 6.42 Å². The Hall–Kier alpha value is -1.35. The molecule has 2 aromatic rings. The highest BCUT2D eigenvalue weighted by atomic mass is 16.3. The average Bonchev–Trinajstić information content (AvgIpc) is 2.47. The summed E-state index contributed by atoms with van der Waals surface area (Å²) in [4.78, 5) is 4.16. The Bertz CT molecular complexity index is 440. The van der Waals surface area contributed by atoms with Crippen molar-refractivity contribution in [1.82, 2.24) is 9.38 Å². The summed E-state index contributed by atoms with van der Waals surface area (Å²) in [5, 5.41) is 9.67. The van der Waals surface area contributed by atoms with Crippen molar-refractivity contribution >= 4 is 5.65 Å². The predicted molar refractivity (Wildman–Crippen MR) is 55.2 cm³/mol. The van der Waals surface area contributed by atoms with Gasteiger partial charge in [0, 0.05) is 25.0 Å². The van der Waals surface area contributed by atoms with Crippen molar-refractivity contribution in [2.24, 2.45) is 0 Å². The Morgan fingerprint density at radius 2 is 2.21 bits per heavy atom. The number of nitrogens with zero attached hydrogens (tertiary/aromatic N) is 2. The van der Waals surface area contributed by atoms with Crippen LogP contribution in [0.15, 0.2) is 30.7 Å². The predicted octanol–water partition coefficient (Wildman–Crippen LogP) is 1.65. The van der Waals surface area contributed by atoms with Crippen molar-refractivity contribution in [2.75, 3.05) is 0 Å². The van der Waals surface area contributed by atoms with E-state index >= 15 is 0 Å². The number of rotatable bonds is 2. The first-order valence-corrected chi connectivity index (χ1v) is 4.69. The van der Waals surface area contributed by atoms with Crippen LogP contribution in [0.5, 0.6) is 0 Å². The molecule has 0 amide bonds. The quantitative estimate of drug-likeness (QED) is 0.781. The first-order chi connectivity index (χ1) is 6.54. The summed E-state index contributed by atoms with van der Waals surface area (Å²) in [5.74, 6) is 0. The van der Waals surface area contributed by atoms with Crippen LogP contribution in [0.25, 0.3) is 5.65 Å². The number of aromatic nitrogens is 2. The van der Waals surface area contributed by atoms with Crippen LogP contribution in [0, 0.1) is 0 Å².